The van der Waals surface area contributed by atoms with Gasteiger partial charge in [-0.05, 0) is 18.8 Å². The van der Waals surface area contributed by atoms with Gasteiger partial charge in [-0.2, -0.15) is 13.5 Å². The van der Waals surface area contributed by atoms with Crippen LogP contribution >= 0.6 is 0 Å². The third-order valence-corrected chi connectivity index (χ3v) is 5.73. The lowest BCUT2D eigenvalue weighted by molar-refractivity contribution is -0.0317. The van der Waals surface area contributed by atoms with Crippen LogP contribution in [0.5, 0.6) is 0 Å². The van der Waals surface area contributed by atoms with Crippen molar-refractivity contribution < 1.29 is 26.6 Å². The van der Waals surface area contributed by atoms with Crippen molar-refractivity contribution in [3.05, 3.63) is 17.5 Å². The molecule has 2 atom stereocenters. The summed E-state index contributed by atoms with van der Waals surface area (Å²) in [5, 5.41) is 4.88. The number of rotatable bonds is 5. The molecule has 1 N–H and O–H groups in total. The lowest BCUT2D eigenvalue weighted by atomic mass is 9.97. The molecule has 3 aliphatic rings. The van der Waals surface area contributed by atoms with Gasteiger partial charge in [-0.3, -0.25) is 4.55 Å². The van der Waals surface area contributed by atoms with Gasteiger partial charge in [0, 0.05) is 19.0 Å². The predicted octanol–water partition coefficient (Wildman–Crippen LogP) is 2.08. The van der Waals surface area contributed by atoms with E-state index in [4.69, 9.17) is 9.08 Å². The second kappa shape index (κ2) is 6.26. The highest BCUT2D eigenvalue weighted by Crippen LogP contribution is 2.39. The van der Waals surface area contributed by atoms with Gasteiger partial charge in [-0.1, -0.05) is 30.8 Å². The fraction of sp³-hybridized carbons (Fsp3) is 0.733. The van der Waals surface area contributed by atoms with Crippen LogP contribution in [0, 0.1) is 5.92 Å². The van der Waals surface area contributed by atoms with Gasteiger partial charge in [0.05, 0.1) is 12.1 Å². The highest BCUT2D eigenvalue weighted by Gasteiger charge is 2.48. The van der Waals surface area contributed by atoms with Crippen molar-refractivity contribution in [2.45, 2.75) is 57.0 Å². The SMILES string of the molecule is O=C1N2C[C@@H](CC[C@H]2c2cc(CC3CCCC3)on2)N1OS(=O)(=O)O. The number of urea groups is 1. The third kappa shape index (κ3) is 3.38. The number of fused-ring (bicyclic) bond motifs is 2. The molecule has 1 aromatic rings. The van der Waals surface area contributed by atoms with Crippen LogP contribution in [0.2, 0.25) is 0 Å². The van der Waals surface area contributed by atoms with Crippen LogP contribution in [0.15, 0.2) is 10.6 Å². The molecule has 10 heteroatoms. The fourth-order valence-corrected chi connectivity index (χ4v) is 4.61. The Morgan fingerprint density at radius 1 is 1.28 bits per heavy atom. The van der Waals surface area contributed by atoms with Crippen LogP contribution in [0.25, 0.3) is 0 Å². The summed E-state index contributed by atoms with van der Waals surface area (Å²) >= 11 is 0. The number of carbonyl (C=O) groups excluding carboxylic acids is 1. The van der Waals surface area contributed by atoms with Gasteiger partial charge in [0.25, 0.3) is 0 Å². The summed E-state index contributed by atoms with van der Waals surface area (Å²) in [6.07, 6.45) is 7.03. The zero-order valence-electron chi connectivity index (χ0n) is 13.7. The van der Waals surface area contributed by atoms with Crippen LogP contribution in [0.4, 0.5) is 4.79 Å². The van der Waals surface area contributed by atoms with Crippen molar-refractivity contribution in [3.63, 3.8) is 0 Å². The number of nitrogens with zero attached hydrogens (tertiary/aromatic N) is 3. The van der Waals surface area contributed by atoms with Crippen molar-refractivity contribution in [2.24, 2.45) is 5.92 Å². The molecule has 25 heavy (non-hydrogen) atoms. The molecule has 0 radical (unpaired) electrons. The number of hydrogen-bond acceptors (Lipinski definition) is 6. The Morgan fingerprint density at radius 2 is 2.04 bits per heavy atom. The molecule has 3 fully saturated rings. The average Bonchev–Trinajstić information content (AvgIpc) is 3.26. The molecule has 0 aromatic carbocycles. The van der Waals surface area contributed by atoms with Crippen molar-refractivity contribution in [1.82, 2.24) is 15.1 Å². The first-order valence-electron chi connectivity index (χ1n) is 8.63. The van der Waals surface area contributed by atoms with E-state index in [-0.39, 0.29) is 6.04 Å². The number of aromatic nitrogens is 1. The zero-order chi connectivity index (χ0) is 17.6. The molecule has 1 saturated carbocycles. The average molecular weight is 371 g/mol. The van der Waals surface area contributed by atoms with E-state index in [1.54, 1.807) is 0 Å². The molecule has 2 bridgehead atoms. The Kier molecular flexibility index (Phi) is 4.20. The van der Waals surface area contributed by atoms with Crippen LogP contribution < -0.4 is 0 Å². The number of hydrogen-bond donors (Lipinski definition) is 1. The summed E-state index contributed by atoms with van der Waals surface area (Å²) in [4.78, 5) is 14.0. The molecule has 4 rings (SSSR count). The minimum Gasteiger partial charge on any atom is -0.361 e. The Labute approximate surface area is 145 Å². The molecule has 1 aromatic heterocycles. The molecule has 2 saturated heterocycles. The second-order valence-electron chi connectivity index (χ2n) is 7.08. The molecular formula is C15H21N3O6S. The standard InChI is InChI=1S/C15H21N3O6S/c19-15-17-9-11(18(15)24-25(20,21)22)5-6-14(17)13-8-12(23-16-13)7-10-3-1-2-4-10/h8,10-11,14H,1-7,9H2,(H,20,21,22)/t11-,14+/m1/s1. The number of amides is 2. The number of piperidine rings is 1. The lowest BCUT2D eigenvalue weighted by Gasteiger charge is -2.28. The predicted molar refractivity (Wildman–Crippen MR) is 84.5 cm³/mol. The Morgan fingerprint density at radius 3 is 2.76 bits per heavy atom. The largest absolute Gasteiger partial charge is 0.418 e. The summed E-state index contributed by atoms with van der Waals surface area (Å²) < 4.78 is 40.6. The maximum atomic E-state index is 12.4. The van der Waals surface area contributed by atoms with Crippen LogP contribution in [-0.4, -0.2) is 46.7 Å². The molecule has 2 amide bonds. The second-order valence-corrected chi connectivity index (χ2v) is 8.09. The number of hydroxylamine groups is 2. The first-order valence-corrected chi connectivity index (χ1v) is 9.99. The topological polar surface area (TPSA) is 113 Å². The van der Waals surface area contributed by atoms with Gasteiger partial charge in [0.15, 0.2) is 0 Å². The maximum Gasteiger partial charge on any atom is 0.418 e. The van der Waals surface area contributed by atoms with Crippen molar-refractivity contribution >= 4 is 16.4 Å². The quantitative estimate of drug-likeness (QED) is 0.788. The zero-order valence-corrected chi connectivity index (χ0v) is 14.5. The molecule has 0 spiro atoms. The Bertz CT molecular complexity index is 757. The number of carbonyl (C=O) groups is 1. The molecular weight excluding hydrogens is 350 g/mol. The highest BCUT2D eigenvalue weighted by molar-refractivity contribution is 7.80. The van der Waals surface area contributed by atoms with Crippen LogP contribution in [-0.2, 0) is 21.1 Å². The minimum atomic E-state index is -4.73. The van der Waals surface area contributed by atoms with Gasteiger partial charge in [0.2, 0.25) is 0 Å². The van der Waals surface area contributed by atoms with E-state index in [1.807, 2.05) is 6.07 Å². The molecule has 9 nitrogen and oxygen atoms in total. The minimum absolute atomic E-state index is 0.264. The summed E-state index contributed by atoms with van der Waals surface area (Å²) in [6.45, 7) is 0.337. The monoisotopic (exact) mass is 371 g/mol. The fourth-order valence-electron chi connectivity index (χ4n) is 4.22. The first kappa shape index (κ1) is 16.8. The highest BCUT2D eigenvalue weighted by atomic mass is 32.3. The molecule has 0 unspecified atom stereocenters. The van der Waals surface area contributed by atoms with Gasteiger partial charge >= 0.3 is 16.4 Å². The van der Waals surface area contributed by atoms with E-state index in [0.29, 0.717) is 31.0 Å². The maximum absolute atomic E-state index is 12.4. The van der Waals surface area contributed by atoms with Gasteiger partial charge in [0.1, 0.15) is 11.5 Å². The van der Waals surface area contributed by atoms with E-state index < -0.39 is 22.5 Å². The molecule has 2 aliphatic heterocycles. The lowest BCUT2D eigenvalue weighted by Crippen LogP contribution is -2.35. The van der Waals surface area contributed by atoms with Crippen molar-refractivity contribution in [3.8, 4) is 0 Å². The summed E-state index contributed by atoms with van der Waals surface area (Å²) in [5.74, 6) is 1.48. The van der Waals surface area contributed by atoms with Gasteiger partial charge in [-0.25, -0.2) is 4.79 Å². The van der Waals surface area contributed by atoms with Crippen LogP contribution in [0.3, 0.4) is 0 Å². The molecule has 3 heterocycles. The van der Waals surface area contributed by atoms with E-state index in [9.17, 15) is 13.2 Å². The summed E-state index contributed by atoms with van der Waals surface area (Å²) in [6, 6.07) is 0.670. The first-order chi connectivity index (χ1) is 11.9. The van der Waals surface area contributed by atoms with E-state index in [2.05, 4.69) is 9.44 Å². The van der Waals surface area contributed by atoms with Crippen molar-refractivity contribution in [1.29, 1.82) is 0 Å². The van der Waals surface area contributed by atoms with Gasteiger partial charge < -0.3 is 9.42 Å². The molecule has 1 aliphatic carbocycles. The van der Waals surface area contributed by atoms with Gasteiger partial charge in [-0.15, -0.1) is 4.28 Å². The van der Waals surface area contributed by atoms with E-state index in [0.717, 1.165) is 17.2 Å². The summed E-state index contributed by atoms with van der Waals surface area (Å²) in [5.41, 5.74) is 0.688. The molecule has 138 valence electrons. The van der Waals surface area contributed by atoms with Crippen molar-refractivity contribution in [2.75, 3.05) is 6.54 Å². The Balaban J connectivity index is 1.47. The normalized spacial score (nSPS) is 27.5. The Hall–Kier alpha value is -1.65. The third-order valence-electron chi connectivity index (χ3n) is 5.38. The smallest absolute Gasteiger partial charge is 0.361 e. The van der Waals surface area contributed by atoms with E-state index >= 15 is 0 Å². The van der Waals surface area contributed by atoms with Crippen LogP contribution in [0.1, 0.15) is 56.0 Å². The summed E-state index contributed by atoms with van der Waals surface area (Å²) in [7, 11) is -4.73. The van der Waals surface area contributed by atoms with E-state index in [1.165, 1.54) is 30.6 Å².